The van der Waals surface area contributed by atoms with E-state index in [-0.39, 0.29) is 29.4 Å². The molecule has 1 fully saturated rings. The molecule has 1 aliphatic heterocycles. The molecule has 1 aliphatic rings. The number of esters is 4. The molecule has 1 aromatic heterocycles. The van der Waals surface area contributed by atoms with Crippen molar-refractivity contribution in [1.82, 2.24) is 0 Å². The molecule has 2 rings (SSSR count). The number of hydrogen-bond donors (Lipinski definition) is 0. The number of nitrogens with zero attached hydrogens (tertiary/aromatic N) is 1. The van der Waals surface area contributed by atoms with Crippen LogP contribution in [0.4, 0.5) is 0 Å². The average molecular weight is 574 g/mol. The fraction of sp³-hybridized carbons (Fsp3) is 0.583. The Morgan fingerprint density at radius 1 is 0.833 bits per heavy atom. The van der Waals surface area contributed by atoms with Crippen molar-refractivity contribution in [1.29, 1.82) is 0 Å². The number of aryl methyl sites for hydroxylation is 1. The Morgan fingerprint density at radius 2 is 1.39 bits per heavy atom. The summed E-state index contributed by atoms with van der Waals surface area (Å²) < 4.78 is 29.2. The highest BCUT2D eigenvalue weighted by molar-refractivity contribution is 5.93. The standard InChI is InChI=1S/C24H32NO10.BrH/c1-7-8-18-9-19(13(2)26)11-25(10-18)24-23(34-17(6)30)22(33-16(5)29)21(32-15(4)28)20(35-24)12-31-14(3)27;/h9-11,20-24H,7-8,12H2,1-6H3;1H/q+1;/p-1. The number of Topliss-reactive ketones (excluding diaryl/α,β-unsaturated/α-hetero) is 1. The maximum Gasteiger partial charge on any atom is 0.304 e. The number of halogens is 1. The number of hydrogen-bond acceptors (Lipinski definition) is 10. The van der Waals surface area contributed by atoms with Gasteiger partial charge < -0.3 is 40.7 Å². The fourth-order valence-electron chi connectivity index (χ4n) is 3.87. The monoisotopic (exact) mass is 573 g/mol. The van der Waals surface area contributed by atoms with E-state index >= 15 is 0 Å². The molecular weight excluding hydrogens is 542 g/mol. The number of carbonyl (C=O) groups is 5. The molecule has 1 aromatic rings. The van der Waals surface area contributed by atoms with Gasteiger partial charge in [-0.25, -0.2) is 0 Å². The predicted molar refractivity (Wildman–Crippen MR) is 118 cm³/mol. The van der Waals surface area contributed by atoms with Gasteiger partial charge in [0.25, 0.3) is 0 Å². The first-order valence-corrected chi connectivity index (χ1v) is 11.3. The van der Waals surface area contributed by atoms with Gasteiger partial charge in [-0.3, -0.25) is 24.0 Å². The normalized spacial score (nSPS) is 23.0. The van der Waals surface area contributed by atoms with Gasteiger partial charge in [0.2, 0.25) is 6.10 Å². The molecule has 200 valence electrons. The molecule has 11 nitrogen and oxygen atoms in total. The smallest absolute Gasteiger partial charge is 0.304 e. The lowest BCUT2D eigenvalue weighted by molar-refractivity contribution is -0.777. The minimum Gasteiger partial charge on any atom is -1.00 e. The maximum absolute atomic E-state index is 12.2. The summed E-state index contributed by atoms with van der Waals surface area (Å²) in [7, 11) is 0. The SMILES string of the molecule is CCCc1cc(C(C)=O)c[n+](C2OC(COC(C)=O)C(OC(C)=O)C(OC(C)=O)C2OC(C)=O)c1.[Br-]. The summed E-state index contributed by atoms with van der Waals surface area (Å²) >= 11 is 0. The Morgan fingerprint density at radius 3 is 1.89 bits per heavy atom. The van der Waals surface area contributed by atoms with Gasteiger partial charge in [-0.05, 0) is 19.4 Å². The summed E-state index contributed by atoms with van der Waals surface area (Å²) in [5.41, 5.74) is 1.22. The molecule has 0 spiro atoms. The second-order valence-electron chi connectivity index (χ2n) is 8.28. The van der Waals surface area contributed by atoms with E-state index in [1.807, 2.05) is 6.92 Å². The second-order valence-corrected chi connectivity index (χ2v) is 8.28. The zero-order valence-corrected chi connectivity index (χ0v) is 22.7. The molecule has 5 unspecified atom stereocenters. The van der Waals surface area contributed by atoms with E-state index in [1.165, 1.54) is 27.0 Å². The topological polar surface area (TPSA) is 135 Å². The van der Waals surface area contributed by atoms with Crippen molar-refractivity contribution in [2.45, 2.75) is 85.0 Å². The first-order chi connectivity index (χ1) is 16.4. The Kier molecular flexibility index (Phi) is 12.1. The van der Waals surface area contributed by atoms with Gasteiger partial charge in [-0.1, -0.05) is 13.3 Å². The van der Waals surface area contributed by atoms with Crippen molar-refractivity contribution in [2.24, 2.45) is 0 Å². The van der Waals surface area contributed by atoms with Gasteiger partial charge in [0.1, 0.15) is 12.7 Å². The molecule has 0 bridgehead atoms. The first kappa shape index (κ1) is 31.2. The molecule has 1 saturated heterocycles. The summed E-state index contributed by atoms with van der Waals surface area (Å²) in [5, 5.41) is 0. The van der Waals surface area contributed by atoms with Crippen LogP contribution in [-0.4, -0.2) is 60.7 Å². The number of aromatic nitrogens is 1. The average Bonchev–Trinajstić information content (AvgIpc) is 2.74. The van der Waals surface area contributed by atoms with Crippen LogP contribution < -0.4 is 21.5 Å². The molecule has 0 aliphatic carbocycles. The van der Waals surface area contributed by atoms with E-state index in [0.717, 1.165) is 25.8 Å². The number of carbonyl (C=O) groups excluding carboxylic acids is 5. The number of pyridine rings is 1. The zero-order valence-electron chi connectivity index (χ0n) is 21.1. The van der Waals surface area contributed by atoms with Crippen LogP contribution in [0, 0.1) is 0 Å². The van der Waals surface area contributed by atoms with E-state index in [4.69, 9.17) is 23.7 Å². The van der Waals surface area contributed by atoms with E-state index in [0.29, 0.717) is 12.0 Å². The number of rotatable bonds is 9. The largest absolute Gasteiger partial charge is 1.00 e. The lowest BCUT2D eigenvalue weighted by atomic mass is 9.96. The molecule has 5 atom stereocenters. The van der Waals surface area contributed by atoms with Gasteiger partial charge in [0.15, 0.2) is 30.4 Å². The molecule has 0 radical (unpaired) electrons. The van der Waals surface area contributed by atoms with Crippen molar-refractivity contribution in [3.05, 3.63) is 29.6 Å². The Labute approximate surface area is 220 Å². The van der Waals surface area contributed by atoms with Crippen LogP contribution in [0.1, 0.15) is 70.1 Å². The number of ketones is 1. The van der Waals surface area contributed by atoms with Gasteiger partial charge in [0, 0.05) is 33.3 Å². The molecule has 0 aromatic carbocycles. The van der Waals surface area contributed by atoms with Gasteiger partial charge in [-0.15, -0.1) is 0 Å². The van der Waals surface area contributed by atoms with Crippen LogP contribution in [0.2, 0.25) is 0 Å². The van der Waals surface area contributed by atoms with Gasteiger partial charge >= 0.3 is 30.1 Å². The van der Waals surface area contributed by atoms with Crippen molar-refractivity contribution in [3.8, 4) is 0 Å². The Balaban J connectivity index is 0.00000648. The third-order valence-corrected chi connectivity index (χ3v) is 5.15. The predicted octanol–water partition coefficient (Wildman–Crippen LogP) is -1.61. The van der Waals surface area contributed by atoms with E-state index in [9.17, 15) is 24.0 Å². The van der Waals surface area contributed by atoms with Gasteiger partial charge in [-0.2, -0.15) is 4.57 Å². The highest BCUT2D eigenvalue weighted by atomic mass is 79.9. The van der Waals surface area contributed by atoms with E-state index < -0.39 is 54.5 Å². The van der Waals surface area contributed by atoms with Crippen LogP contribution in [0.5, 0.6) is 0 Å². The van der Waals surface area contributed by atoms with Crippen molar-refractivity contribution in [3.63, 3.8) is 0 Å². The van der Waals surface area contributed by atoms with Crippen molar-refractivity contribution >= 4 is 29.7 Å². The molecule has 2 heterocycles. The van der Waals surface area contributed by atoms with Crippen LogP contribution in [0.3, 0.4) is 0 Å². The fourth-order valence-corrected chi connectivity index (χ4v) is 3.87. The third-order valence-electron chi connectivity index (χ3n) is 5.15. The molecular formula is C24H32BrNO10. The Bertz CT molecular complexity index is 982. The van der Waals surface area contributed by atoms with Crippen LogP contribution in [0.15, 0.2) is 18.5 Å². The minimum atomic E-state index is -1.29. The van der Waals surface area contributed by atoms with Gasteiger partial charge in [0.05, 0.1) is 5.56 Å². The summed E-state index contributed by atoms with van der Waals surface area (Å²) in [4.78, 5) is 59.6. The lowest BCUT2D eigenvalue weighted by Crippen LogP contribution is -3.00. The molecule has 36 heavy (non-hydrogen) atoms. The second kappa shape index (κ2) is 14.0. The van der Waals surface area contributed by atoms with Crippen molar-refractivity contribution in [2.75, 3.05) is 6.61 Å². The minimum absolute atomic E-state index is 0. The molecule has 0 saturated carbocycles. The lowest BCUT2D eigenvalue weighted by Gasteiger charge is -2.41. The summed E-state index contributed by atoms with van der Waals surface area (Å²) in [5.74, 6) is -2.92. The summed E-state index contributed by atoms with van der Waals surface area (Å²) in [6.07, 6.45) is -1.24. The summed E-state index contributed by atoms with van der Waals surface area (Å²) in [6, 6.07) is 1.76. The molecule has 0 amide bonds. The first-order valence-electron chi connectivity index (χ1n) is 11.3. The Hall–Kier alpha value is -2.86. The maximum atomic E-state index is 12.2. The highest BCUT2D eigenvalue weighted by Crippen LogP contribution is 2.32. The summed E-state index contributed by atoms with van der Waals surface area (Å²) in [6.45, 7) is 7.76. The molecule has 0 N–H and O–H groups in total. The van der Waals surface area contributed by atoms with Crippen LogP contribution in [-0.2, 0) is 49.3 Å². The van der Waals surface area contributed by atoms with Crippen molar-refractivity contribution < 1.29 is 69.2 Å². The van der Waals surface area contributed by atoms with Crippen LogP contribution >= 0.6 is 0 Å². The van der Waals surface area contributed by atoms with E-state index in [2.05, 4.69) is 0 Å². The zero-order chi connectivity index (χ0) is 26.3. The van der Waals surface area contributed by atoms with Crippen LogP contribution in [0.25, 0.3) is 0 Å². The quantitative estimate of drug-likeness (QED) is 0.147. The molecule has 12 heteroatoms. The number of ether oxygens (including phenoxy) is 5. The van der Waals surface area contributed by atoms with E-state index in [1.54, 1.807) is 16.8 Å². The third kappa shape index (κ3) is 8.66. The highest BCUT2D eigenvalue weighted by Gasteiger charge is 2.56.